The molecule has 0 radical (unpaired) electrons. The molecule has 2 aromatic rings. The summed E-state index contributed by atoms with van der Waals surface area (Å²) in [6, 6.07) is 16.0. The van der Waals surface area contributed by atoms with Gasteiger partial charge in [-0.25, -0.2) is 5.01 Å². The van der Waals surface area contributed by atoms with E-state index >= 15 is 0 Å². The lowest BCUT2D eigenvalue weighted by molar-refractivity contribution is -0.135. The van der Waals surface area contributed by atoms with Crippen LogP contribution in [0.15, 0.2) is 58.1 Å². The maximum atomic E-state index is 12.0. The fraction of sp³-hybridized carbons (Fsp3) is 0.222. The van der Waals surface area contributed by atoms with E-state index in [0.717, 1.165) is 33.5 Å². The van der Waals surface area contributed by atoms with Gasteiger partial charge in [0.05, 0.1) is 11.8 Å². The van der Waals surface area contributed by atoms with Gasteiger partial charge in [-0.05, 0) is 23.8 Å². The molecule has 0 aliphatic carbocycles. The Hall–Kier alpha value is -2.14. The number of carbonyl (C=O) groups is 1. The van der Waals surface area contributed by atoms with Crippen molar-refractivity contribution in [3.05, 3.63) is 64.1 Å². The standard InChI is InChI=1S/C18H15BrN2O2/c1-11(22)18-21-16(14-4-2-3-5-17(14)23-18)10-15(20-21)12-6-8-13(19)9-7-12/h2-9,16,18H,10H2,1H3/t16-,18-/m1/s1. The minimum absolute atomic E-state index is 0.0368. The maximum Gasteiger partial charge on any atom is 0.246 e. The van der Waals surface area contributed by atoms with Crippen LogP contribution in [0.2, 0.25) is 0 Å². The number of hydrogen-bond acceptors (Lipinski definition) is 4. The zero-order chi connectivity index (χ0) is 16.0. The normalized spacial score (nSPS) is 22.0. The molecule has 4 nitrogen and oxygen atoms in total. The number of fused-ring (bicyclic) bond motifs is 3. The lowest BCUT2D eigenvalue weighted by Crippen LogP contribution is -2.44. The van der Waals surface area contributed by atoms with Crippen molar-refractivity contribution < 1.29 is 9.53 Å². The Morgan fingerprint density at radius 2 is 1.96 bits per heavy atom. The zero-order valence-corrected chi connectivity index (χ0v) is 14.2. The topological polar surface area (TPSA) is 41.9 Å². The third-order valence-electron chi connectivity index (χ3n) is 4.22. The van der Waals surface area contributed by atoms with Crippen molar-refractivity contribution in [2.45, 2.75) is 25.6 Å². The van der Waals surface area contributed by atoms with Gasteiger partial charge in [-0.3, -0.25) is 4.79 Å². The van der Waals surface area contributed by atoms with E-state index in [0.29, 0.717) is 0 Å². The molecule has 0 spiro atoms. The van der Waals surface area contributed by atoms with E-state index in [-0.39, 0.29) is 11.8 Å². The summed E-state index contributed by atoms with van der Waals surface area (Å²) in [6.45, 7) is 1.54. The van der Waals surface area contributed by atoms with Crippen molar-refractivity contribution in [2.75, 3.05) is 0 Å². The highest BCUT2D eigenvalue weighted by Gasteiger charge is 2.41. The molecule has 0 saturated heterocycles. The Kier molecular flexibility index (Phi) is 3.45. The van der Waals surface area contributed by atoms with Crippen LogP contribution in [0, 0.1) is 0 Å². The van der Waals surface area contributed by atoms with E-state index in [9.17, 15) is 4.79 Å². The van der Waals surface area contributed by atoms with Gasteiger partial charge in [0, 0.05) is 23.4 Å². The second-order valence-corrected chi connectivity index (χ2v) is 6.69. The number of ketones is 1. The van der Waals surface area contributed by atoms with Gasteiger partial charge in [0.2, 0.25) is 6.23 Å². The third-order valence-corrected chi connectivity index (χ3v) is 4.75. The van der Waals surface area contributed by atoms with Gasteiger partial charge < -0.3 is 4.74 Å². The molecule has 0 bridgehead atoms. The fourth-order valence-electron chi connectivity index (χ4n) is 3.12. The minimum Gasteiger partial charge on any atom is -0.461 e. The van der Waals surface area contributed by atoms with E-state index < -0.39 is 6.23 Å². The van der Waals surface area contributed by atoms with Crippen molar-refractivity contribution in [3.8, 4) is 5.75 Å². The lowest BCUT2D eigenvalue weighted by atomic mass is 9.96. The van der Waals surface area contributed by atoms with Gasteiger partial charge in [0.25, 0.3) is 0 Å². The van der Waals surface area contributed by atoms with Crippen molar-refractivity contribution in [1.82, 2.24) is 5.01 Å². The molecular formula is C18H15BrN2O2. The van der Waals surface area contributed by atoms with Crippen molar-refractivity contribution in [1.29, 1.82) is 0 Å². The molecule has 2 atom stereocenters. The van der Waals surface area contributed by atoms with Crippen LogP contribution in [0.1, 0.15) is 30.5 Å². The number of hydrazone groups is 1. The highest BCUT2D eigenvalue weighted by molar-refractivity contribution is 9.10. The first-order chi connectivity index (χ1) is 11.1. The summed E-state index contributed by atoms with van der Waals surface area (Å²) in [5.41, 5.74) is 3.14. The Balaban J connectivity index is 1.75. The molecule has 2 aliphatic rings. The molecule has 2 heterocycles. The van der Waals surface area contributed by atoms with Crippen LogP contribution < -0.4 is 4.74 Å². The smallest absolute Gasteiger partial charge is 0.246 e. The van der Waals surface area contributed by atoms with Crippen LogP contribution in [0.3, 0.4) is 0 Å². The summed E-state index contributed by atoms with van der Waals surface area (Å²) in [5, 5.41) is 6.51. The Morgan fingerprint density at radius 3 is 2.70 bits per heavy atom. The molecule has 23 heavy (non-hydrogen) atoms. The number of Topliss-reactive ketones (excluding diaryl/α,β-unsaturated/α-hetero) is 1. The Labute approximate surface area is 142 Å². The van der Waals surface area contributed by atoms with E-state index in [4.69, 9.17) is 9.84 Å². The zero-order valence-electron chi connectivity index (χ0n) is 12.6. The summed E-state index contributed by atoms with van der Waals surface area (Å²) >= 11 is 3.45. The number of hydrogen-bond donors (Lipinski definition) is 0. The van der Waals surface area contributed by atoms with Gasteiger partial charge in [0.1, 0.15) is 5.75 Å². The molecule has 0 N–H and O–H groups in total. The predicted molar refractivity (Wildman–Crippen MR) is 91.4 cm³/mol. The number of nitrogens with zero attached hydrogens (tertiary/aromatic N) is 2. The van der Waals surface area contributed by atoms with Crippen LogP contribution in [0.25, 0.3) is 0 Å². The fourth-order valence-corrected chi connectivity index (χ4v) is 3.38. The summed E-state index contributed by atoms with van der Waals surface area (Å²) in [5.74, 6) is 0.742. The SMILES string of the molecule is CC(=O)[C@H]1Oc2ccccc2[C@H]2CC(c3ccc(Br)cc3)=NN12. The molecule has 0 aromatic heterocycles. The maximum absolute atomic E-state index is 12.0. The lowest BCUT2D eigenvalue weighted by Gasteiger charge is -2.36. The highest BCUT2D eigenvalue weighted by Crippen LogP contribution is 2.42. The first-order valence-corrected chi connectivity index (χ1v) is 8.30. The first-order valence-electron chi connectivity index (χ1n) is 7.51. The minimum atomic E-state index is -0.650. The highest BCUT2D eigenvalue weighted by atomic mass is 79.9. The molecule has 2 aliphatic heterocycles. The molecule has 0 amide bonds. The quantitative estimate of drug-likeness (QED) is 0.804. The summed E-state index contributed by atoms with van der Waals surface area (Å²) < 4.78 is 6.91. The molecule has 116 valence electrons. The van der Waals surface area contributed by atoms with Crippen LogP contribution in [0.5, 0.6) is 5.75 Å². The third kappa shape index (κ3) is 2.45. The molecule has 0 saturated carbocycles. The molecular weight excluding hydrogens is 356 g/mol. The van der Waals surface area contributed by atoms with E-state index in [2.05, 4.69) is 15.9 Å². The number of carbonyl (C=O) groups excluding carboxylic acids is 1. The monoisotopic (exact) mass is 370 g/mol. The summed E-state index contributed by atoms with van der Waals surface area (Å²) in [4.78, 5) is 12.0. The molecule has 2 aromatic carbocycles. The van der Waals surface area contributed by atoms with Gasteiger partial charge in [-0.1, -0.05) is 46.3 Å². The average molecular weight is 371 g/mol. The van der Waals surface area contributed by atoms with Gasteiger partial charge in [-0.15, -0.1) is 0 Å². The van der Waals surface area contributed by atoms with E-state index in [1.54, 1.807) is 6.92 Å². The largest absolute Gasteiger partial charge is 0.461 e. The number of para-hydroxylation sites is 1. The van der Waals surface area contributed by atoms with Crippen molar-refractivity contribution in [3.63, 3.8) is 0 Å². The number of benzene rings is 2. The van der Waals surface area contributed by atoms with Gasteiger partial charge in [0.15, 0.2) is 5.78 Å². The summed E-state index contributed by atoms with van der Waals surface area (Å²) in [6.07, 6.45) is 0.119. The molecule has 4 rings (SSSR count). The predicted octanol–water partition coefficient (Wildman–Crippen LogP) is 3.91. The first kappa shape index (κ1) is 14.5. The number of ether oxygens (including phenoxy) is 1. The molecule has 5 heteroatoms. The number of rotatable bonds is 2. The van der Waals surface area contributed by atoms with Crippen molar-refractivity contribution in [2.24, 2.45) is 5.10 Å². The van der Waals surface area contributed by atoms with E-state index in [1.165, 1.54) is 0 Å². The summed E-state index contributed by atoms with van der Waals surface area (Å²) in [7, 11) is 0. The molecule has 0 fully saturated rings. The van der Waals surface area contributed by atoms with Crippen molar-refractivity contribution >= 4 is 27.4 Å². The Morgan fingerprint density at radius 1 is 1.22 bits per heavy atom. The average Bonchev–Trinajstić information content (AvgIpc) is 3.00. The van der Waals surface area contributed by atoms with Crippen LogP contribution >= 0.6 is 15.9 Å². The van der Waals surface area contributed by atoms with Crippen LogP contribution in [0.4, 0.5) is 0 Å². The van der Waals surface area contributed by atoms with Crippen LogP contribution in [-0.2, 0) is 4.79 Å². The van der Waals surface area contributed by atoms with Gasteiger partial charge >= 0.3 is 0 Å². The molecule has 0 unspecified atom stereocenters. The number of halogens is 1. The van der Waals surface area contributed by atoms with Crippen LogP contribution in [-0.4, -0.2) is 22.7 Å². The second-order valence-electron chi connectivity index (χ2n) is 5.77. The Bertz CT molecular complexity index is 801. The second kappa shape index (κ2) is 5.49. The van der Waals surface area contributed by atoms with Gasteiger partial charge in [-0.2, -0.15) is 5.10 Å². The van der Waals surface area contributed by atoms with E-state index in [1.807, 2.05) is 53.5 Å².